The molecule has 28 heavy (non-hydrogen) atoms. The van der Waals surface area contributed by atoms with Crippen LogP contribution in [0.15, 0.2) is 30.5 Å². The quantitative estimate of drug-likeness (QED) is 0.754. The maximum Gasteiger partial charge on any atom is 0.407 e. The highest BCUT2D eigenvalue weighted by Gasteiger charge is 2.45. The van der Waals surface area contributed by atoms with E-state index in [4.69, 9.17) is 4.74 Å². The Balaban J connectivity index is 1.34. The SMILES string of the molecule is CC(C)(C)OC(=O)NC1C[C@@H]1C1CCC(c2ccnc3ccc(F)cc23)CC1. The number of alkyl carbamates (subject to hydrolysis) is 1. The lowest BCUT2D eigenvalue weighted by Crippen LogP contribution is -2.35. The summed E-state index contributed by atoms with van der Waals surface area (Å²) >= 11 is 0. The number of carbonyl (C=O) groups is 1. The highest BCUT2D eigenvalue weighted by atomic mass is 19.1. The molecule has 1 amide bonds. The van der Waals surface area contributed by atoms with E-state index in [2.05, 4.69) is 16.4 Å². The number of rotatable bonds is 3. The van der Waals surface area contributed by atoms with Crippen molar-refractivity contribution in [1.82, 2.24) is 10.3 Å². The van der Waals surface area contributed by atoms with E-state index in [-0.39, 0.29) is 18.0 Å². The molecular weight excluding hydrogens is 355 g/mol. The zero-order chi connectivity index (χ0) is 19.9. The molecule has 1 unspecified atom stereocenters. The third-order valence-electron chi connectivity index (χ3n) is 6.10. The van der Waals surface area contributed by atoms with Gasteiger partial charge in [0.05, 0.1) is 5.52 Å². The topological polar surface area (TPSA) is 51.2 Å². The first kappa shape index (κ1) is 19.2. The van der Waals surface area contributed by atoms with Crippen molar-refractivity contribution in [2.45, 2.75) is 70.4 Å². The molecule has 2 aromatic rings. The van der Waals surface area contributed by atoms with Gasteiger partial charge in [0.25, 0.3) is 0 Å². The number of amides is 1. The number of halogens is 1. The Hall–Kier alpha value is -2.17. The summed E-state index contributed by atoms with van der Waals surface area (Å²) in [4.78, 5) is 16.3. The summed E-state index contributed by atoms with van der Waals surface area (Å²) in [6.07, 6.45) is 7.11. The van der Waals surface area contributed by atoms with E-state index in [0.717, 1.165) is 43.0 Å². The standard InChI is InChI=1S/C23H29FN2O2/c1-23(2,3)28-22(27)26-21-13-18(21)15-6-4-14(5-7-15)17-10-11-25-20-9-8-16(24)12-19(17)20/h8-12,14-15,18,21H,4-7,13H2,1-3H3,(H,26,27)/t14?,15?,18-,21?/m1/s1. The van der Waals surface area contributed by atoms with Gasteiger partial charge in [0.2, 0.25) is 0 Å². The number of pyridine rings is 1. The van der Waals surface area contributed by atoms with Crippen molar-refractivity contribution < 1.29 is 13.9 Å². The fourth-order valence-electron chi connectivity index (χ4n) is 4.71. The van der Waals surface area contributed by atoms with E-state index >= 15 is 0 Å². The van der Waals surface area contributed by atoms with E-state index in [9.17, 15) is 9.18 Å². The monoisotopic (exact) mass is 384 g/mol. The van der Waals surface area contributed by atoms with Crippen LogP contribution < -0.4 is 5.32 Å². The average Bonchev–Trinajstić information content (AvgIpc) is 3.38. The number of benzene rings is 1. The number of hydrogen-bond donors (Lipinski definition) is 1. The van der Waals surface area contributed by atoms with Gasteiger partial charge in [-0.1, -0.05) is 0 Å². The van der Waals surface area contributed by atoms with E-state index in [0.29, 0.717) is 17.8 Å². The summed E-state index contributed by atoms with van der Waals surface area (Å²) in [5.74, 6) is 1.48. The zero-order valence-electron chi connectivity index (χ0n) is 16.9. The Bertz CT molecular complexity index is 869. The molecule has 2 aliphatic rings. The molecule has 150 valence electrons. The number of fused-ring (bicyclic) bond motifs is 1. The molecule has 5 heteroatoms. The van der Waals surface area contributed by atoms with Crippen LogP contribution in [0.1, 0.15) is 64.4 Å². The van der Waals surface area contributed by atoms with Gasteiger partial charge in [-0.2, -0.15) is 0 Å². The Kier molecular flexibility index (Phi) is 5.02. The van der Waals surface area contributed by atoms with Crippen LogP contribution in [0.2, 0.25) is 0 Å². The van der Waals surface area contributed by atoms with Gasteiger partial charge in [-0.3, -0.25) is 4.98 Å². The Morgan fingerprint density at radius 2 is 1.93 bits per heavy atom. The fourth-order valence-corrected chi connectivity index (χ4v) is 4.71. The summed E-state index contributed by atoms with van der Waals surface area (Å²) in [6.45, 7) is 5.65. The molecule has 2 aliphatic carbocycles. The van der Waals surface area contributed by atoms with E-state index in [1.807, 2.05) is 27.0 Å². The molecule has 2 atom stereocenters. The maximum absolute atomic E-state index is 13.7. The molecular formula is C23H29FN2O2. The summed E-state index contributed by atoms with van der Waals surface area (Å²) in [5.41, 5.74) is 1.63. The summed E-state index contributed by atoms with van der Waals surface area (Å²) in [5, 5.41) is 3.97. The molecule has 0 bridgehead atoms. The van der Waals surface area contributed by atoms with Crippen molar-refractivity contribution in [2.75, 3.05) is 0 Å². The number of hydrogen-bond acceptors (Lipinski definition) is 3. The van der Waals surface area contributed by atoms with Crippen LogP contribution in [-0.2, 0) is 4.74 Å². The molecule has 1 aromatic carbocycles. The van der Waals surface area contributed by atoms with Crippen molar-refractivity contribution in [3.63, 3.8) is 0 Å². The van der Waals surface area contributed by atoms with E-state index in [1.165, 1.54) is 11.6 Å². The normalized spacial score (nSPS) is 27.4. The summed E-state index contributed by atoms with van der Waals surface area (Å²) < 4.78 is 19.1. The molecule has 1 aromatic heterocycles. The highest BCUT2D eigenvalue weighted by Crippen LogP contribution is 2.48. The zero-order valence-corrected chi connectivity index (χ0v) is 16.9. The first-order valence-corrected chi connectivity index (χ1v) is 10.3. The number of nitrogens with zero attached hydrogens (tertiary/aromatic N) is 1. The molecule has 1 N–H and O–H groups in total. The van der Waals surface area contributed by atoms with Crippen LogP contribution in [0, 0.1) is 17.7 Å². The van der Waals surface area contributed by atoms with Gasteiger partial charge >= 0.3 is 6.09 Å². The lowest BCUT2D eigenvalue weighted by Gasteiger charge is -2.30. The maximum atomic E-state index is 13.7. The van der Waals surface area contributed by atoms with E-state index < -0.39 is 5.60 Å². The molecule has 0 aliphatic heterocycles. The van der Waals surface area contributed by atoms with Crippen molar-refractivity contribution >= 4 is 17.0 Å². The third kappa shape index (κ3) is 4.29. The van der Waals surface area contributed by atoms with Crippen LogP contribution in [0.5, 0.6) is 0 Å². The molecule has 0 saturated heterocycles. The highest BCUT2D eigenvalue weighted by molar-refractivity contribution is 5.82. The fraction of sp³-hybridized carbons (Fsp3) is 0.565. The van der Waals surface area contributed by atoms with Crippen molar-refractivity contribution in [3.05, 3.63) is 41.8 Å². The molecule has 4 nitrogen and oxygen atoms in total. The number of nitrogens with one attached hydrogen (secondary N) is 1. The molecule has 0 radical (unpaired) electrons. The van der Waals surface area contributed by atoms with Crippen molar-refractivity contribution in [2.24, 2.45) is 11.8 Å². The molecule has 0 spiro atoms. The molecule has 2 fully saturated rings. The largest absolute Gasteiger partial charge is 0.444 e. The van der Waals surface area contributed by atoms with E-state index in [1.54, 1.807) is 12.1 Å². The second-order valence-electron chi connectivity index (χ2n) is 9.33. The average molecular weight is 384 g/mol. The van der Waals surface area contributed by atoms with Gasteiger partial charge in [-0.25, -0.2) is 9.18 Å². The first-order chi connectivity index (χ1) is 13.3. The minimum Gasteiger partial charge on any atom is -0.444 e. The van der Waals surface area contributed by atoms with Gasteiger partial charge in [0.15, 0.2) is 0 Å². The van der Waals surface area contributed by atoms with Gasteiger partial charge in [-0.15, -0.1) is 0 Å². The Labute approximate surface area is 165 Å². The first-order valence-electron chi connectivity index (χ1n) is 10.3. The van der Waals surface area contributed by atoms with Crippen LogP contribution >= 0.6 is 0 Å². The Morgan fingerprint density at radius 3 is 2.64 bits per heavy atom. The smallest absolute Gasteiger partial charge is 0.407 e. The minimum absolute atomic E-state index is 0.204. The van der Waals surface area contributed by atoms with Gasteiger partial charge in [0.1, 0.15) is 11.4 Å². The Morgan fingerprint density at radius 1 is 1.18 bits per heavy atom. The second kappa shape index (κ2) is 7.34. The summed E-state index contributed by atoms with van der Waals surface area (Å²) in [7, 11) is 0. The number of ether oxygens (including phenoxy) is 1. The molecule has 2 saturated carbocycles. The predicted molar refractivity (Wildman–Crippen MR) is 108 cm³/mol. The van der Waals surface area contributed by atoms with Crippen LogP contribution in [0.4, 0.5) is 9.18 Å². The summed E-state index contributed by atoms with van der Waals surface area (Å²) in [6, 6.07) is 7.16. The van der Waals surface area contributed by atoms with Crippen LogP contribution in [0.25, 0.3) is 10.9 Å². The number of carbonyl (C=O) groups excluding carboxylic acids is 1. The van der Waals surface area contributed by atoms with Crippen molar-refractivity contribution in [3.8, 4) is 0 Å². The van der Waals surface area contributed by atoms with Gasteiger partial charge < -0.3 is 10.1 Å². The van der Waals surface area contributed by atoms with Gasteiger partial charge in [0, 0.05) is 17.6 Å². The molecule has 1 heterocycles. The van der Waals surface area contributed by atoms with Gasteiger partial charge in [-0.05, 0) is 100 Å². The lowest BCUT2D eigenvalue weighted by atomic mass is 9.76. The third-order valence-corrected chi connectivity index (χ3v) is 6.10. The predicted octanol–water partition coefficient (Wildman–Crippen LogP) is 5.56. The second-order valence-corrected chi connectivity index (χ2v) is 9.33. The van der Waals surface area contributed by atoms with Crippen LogP contribution in [0.3, 0.4) is 0 Å². The van der Waals surface area contributed by atoms with Crippen molar-refractivity contribution in [1.29, 1.82) is 0 Å². The number of aromatic nitrogens is 1. The lowest BCUT2D eigenvalue weighted by molar-refractivity contribution is 0.0518. The minimum atomic E-state index is -0.459. The molecule has 4 rings (SSSR count). The van der Waals surface area contributed by atoms with Crippen LogP contribution in [-0.4, -0.2) is 22.7 Å².